The molecule has 0 spiro atoms. The summed E-state index contributed by atoms with van der Waals surface area (Å²) in [4.78, 5) is 7.23. The standard InChI is InChI=1S/C50H36N2O2/c1-50(2)41-16-9-8-15-38(41)39-26-25-37(28-42(39)50)52(36-23-21-32(22-24-36)35-20-19-31-11-6-7-14-34(31)27-35)44-17-10-18-45-48(44)40-29-47-43(30-46(40)53-45)51-49(54-47)33-12-4-3-5-13-33/h3-18,21-30H,19-20H2,1-2H3. The number of aryl methyl sites for hydroxylation is 1. The molecule has 2 aliphatic rings. The lowest BCUT2D eigenvalue weighted by molar-refractivity contribution is 0.620. The Hall–Kier alpha value is -6.65. The molecule has 0 aliphatic heterocycles. The third-order valence-electron chi connectivity index (χ3n) is 11.6. The van der Waals surface area contributed by atoms with E-state index in [4.69, 9.17) is 13.8 Å². The molecule has 0 amide bonds. The maximum Gasteiger partial charge on any atom is 0.227 e. The molecule has 0 saturated heterocycles. The van der Waals surface area contributed by atoms with Crippen molar-refractivity contribution in [2.45, 2.75) is 32.1 Å². The molecule has 2 heterocycles. The van der Waals surface area contributed by atoms with E-state index < -0.39 is 0 Å². The van der Waals surface area contributed by atoms with Gasteiger partial charge in [0.1, 0.15) is 16.7 Å². The maximum absolute atomic E-state index is 6.60. The zero-order valence-corrected chi connectivity index (χ0v) is 30.1. The van der Waals surface area contributed by atoms with Gasteiger partial charge in [-0.05, 0) is 112 Å². The van der Waals surface area contributed by atoms with Crippen LogP contribution in [0.2, 0.25) is 0 Å². The molecule has 54 heavy (non-hydrogen) atoms. The van der Waals surface area contributed by atoms with E-state index in [9.17, 15) is 0 Å². The van der Waals surface area contributed by atoms with E-state index in [0.29, 0.717) is 5.89 Å². The van der Waals surface area contributed by atoms with Gasteiger partial charge >= 0.3 is 0 Å². The Kier molecular flexibility index (Phi) is 6.69. The van der Waals surface area contributed by atoms with Crippen molar-refractivity contribution in [3.05, 3.63) is 179 Å². The van der Waals surface area contributed by atoms with Gasteiger partial charge in [0, 0.05) is 33.8 Å². The van der Waals surface area contributed by atoms with Crippen LogP contribution in [0.4, 0.5) is 17.1 Å². The lowest BCUT2D eigenvalue weighted by atomic mass is 9.82. The van der Waals surface area contributed by atoms with E-state index >= 15 is 0 Å². The van der Waals surface area contributed by atoms with Crippen molar-refractivity contribution in [2.24, 2.45) is 0 Å². The molecular formula is C50H36N2O2. The van der Waals surface area contributed by atoms with Gasteiger partial charge in [0.25, 0.3) is 0 Å². The molecule has 9 aromatic rings. The van der Waals surface area contributed by atoms with Crippen molar-refractivity contribution < 1.29 is 8.83 Å². The van der Waals surface area contributed by atoms with E-state index in [-0.39, 0.29) is 5.41 Å². The van der Waals surface area contributed by atoms with Crippen LogP contribution in [0.1, 0.15) is 48.1 Å². The highest BCUT2D eigenvalue weighted by atomic mass is 16.4. The number of hydrogen-bond donors (Lipinski definition) is 0. The fourth-order valence-corrected chi connectivity index (χ4v) is 8.86. The lowest BCUT2D eigenvalue weighted by Gasteiger charge is -2.29. The number of nitrogens with zero attached hydrogens (tertiary/aromatic N) is 2. The molecule has 2 aromatic heterocycles. The van der Waals surface area contributed by atoms with Crippen LogP contribution < -0.4 is 4.90 Å². The summed E-state index contributed by atoms with van der Waals surface area (Å²) in [5.74, 6) is 0.600. The van der Waals surface area contributed by atoms with Crippen LogP contribution in [0.25, 0.3) is 67.3 Å². The van der Waals surface area contributed by atoms with Crippen molar-refractivity contribution in [2.75, 3.05) is 4.90 Å². The van der Waals surface area contributed by atoms with Gasteiger partial charge in [-0.3, -0.25) is 0 Å². The van der Waals surface area contributed by atoms with Crippen LogP contribution >= 0.6 is 0 Å². The molecule has 0 fully saturated rings. The smallest absolute Gasteiger partial charge is 0.227 e. The molecule has 0 atom stereocenters. The Morgan fingerprint density at radius 3 is 2.24 bits per heavy atom. The van der Waals surface area contributed by atoms with E-state index in [1.54, 1.807) is 0 Å². The molecule has 7 aromatic carbocycles. The number of anilines is 3. The minimum absolute atomic E-state index is 0.135. The largest absolute Gasteiger partial charge is 0.456 e. The molecular weight excluding hydrogens is 661 g/mol. The molecule has 0 N–H and O–H groups in total. The third kappa shape index (κ3) is 4.73. The van der Waals surface area contributed by atoms with E-state index in [2.05, 4.69) is 140 Å². The van der Waals surface area contributed by atoms with Crippen LogP contribution in [0.3, 0.4) is 0 Å². The van der Waals surface area contributed by atoms with Crippen LogP contribution in [-0.4, -0.2) is 4.98 Å². The fourth-order valence-electron chi connectivity index (χ4n) is 8.86. The van der Waals surface area contributed by atoms with Crippen molar-refractivity contribution >= 4 is 61.7 Å². The fraction of sp³-hybridized carbons (Fsp3) is 0.100. The highest BCUT2D eigenvalue weighted by Gasteiger charge is 2.36. The van der Waals surface area contributed by atoms with Crippen LogP contribution in [0.5, 0.6) is 0 Å². The number of furan rings is 1. The quantitative estimate of drug-likeness (QED) is 0.180. The summed E-state index contributed by atoms with van der Waals surface area (Å²) in [6.45, 7) is 4.68. The Labute approximate surface area is 313 Å². The summed E-state index contributed by atoms with van der Waals surface area (Å²) < 4.78 is 13.0. The van der Waals surface area contributed by atoms with Gasteiger partial charge in [0.15, 0.2) is 5.58 Å². The number of fused-ring (bicyclic) bond motifs is 8. The van der Waals surface area contributed by atoms with E-state index in [1.807, 2.05) is 36.4 Å². The molecule has 4 nitrogen and oxygen atoms in total. The minimum atomic E-state index is -0.135. The van der Waals surface area contributed by atoms with Crippen LogP contribution in [-0.2, 0) is 11.8 Å². The SMILES string of the molecule is CC1(C)c2ccccc2-c2ccc(N(c3ccc(C4=Cc5ccccc5CC4)cc3)c3cccc4oc5cc6nc(-c7ccccc7)oc6cc5c34)cc21. The Bertz CT molecular complexity index is 2960. The number of oxazole rings is 1. The van der Waals surface area contributed by atoms with Gasteiger partial charge in [0.05, 0.1) is 11.1 Å². The second-order valence-corrected chi connectivity index (χ2v) is 15.1. The zero-order chi connectivity index (χ0) is 36.0. The summed E-state index contributed by atoms with van der Waals surface area (Å²) in [5, 5.41) is 2.02. The second kappa shape index (κ2) is 11.7. The first-order valence-electron chi connectivity index (χ1n) is 18.7. The molecule has 258 valence electrons. The molecule has 0 bridgehead atoms. The number of hydrogen-bond acceptors (Lipinski definition) is 4. The van der Waals surface area contributed by atoms with Crippen LogP contribution in [0.15, 0.2) is 160 Å². The van der Waals surface area contributed by atoms with Gasteiger partial charge in [-0.2, -0.15) is 0 Å². The van der Waals surface area contributed by atoms with Crippen molar-refractivity contribution in [1.29, 1.82) is 0 Å². The van der Waals surface area contributed by atoms with Gasteiger partial charge in [-0.1, -0.05) is 111 Å². The van der Waals surface area contributed by atoms with Gasteiger partial charge < -0.3 is 13.7 Å². The van der Waals surface area contributed by atoms with E-state index in [0.717, 1.165) is 68.5 Å². The summed E-state index contributed by atoms with van der Waals surface area (Å²) >= 11 is 0. The molecule has 0 unspecified atom stereocenters. The average molecular weight is 697 g/mol. The normalized spacial score (nSPS) is 14.2. The summed E-state index contributed by atoms with van der Waals surface area (Å²) in [7, 11) is 0. The minimum Gasteiger partial charge on any atom is -0.456 e. The molecule has 2 aliphatic carbocycles. The van der Waals surface area contributed by atoms with Gasteiger partial charge in [0.2, 0.25) is 5.89 Å². The monoisotopic (exact) mass is 696 g/mol. The second-order valence-electron chi connectivity index (χ2n) is 15.1. The predicted molar refractivity (Wildman–Crippen MR) is 222 cm³/mol. The van der Waals surface area contributed by atoms with Crippen molar-refractivity contribution in [3.63, 3.8) is 0 Å². The summed E-state index contributed by atoms with van der Waals surface area (Å²) in [5.41, 5.74) is 17.8. The average Bonchev–Trinajstić information content (AvgIpc) is 3.87. The molecule has 0 radical (unpaired) electrons. The Morgan fingerprint density at radius 1 is 0.574 bits per heavy atom. The van der Waals surface area contributed by atoms with E-state index in [1.165, 1.54) is 44.5 Å². The van der Waals surface area contributed by atoms with Crippen molar-refractivity contribution in [1.82, 2.24) is 4.98 Å². The highest BCUT2D eigenvalue weighted by molar-refractivity contribution is 6.15. The lowest BCUT2D eigenvalue weighted by Crippen LogP contribution is -2.16. The first-order valence-corrected chi connectivity index (χ1v) is 18.7. The summed E-state index contributed by atoms with van der Waals surface area (Å²) in [6.07, 6.45) is 4.45. The topological polar surface area (TPSA) is 42.4 Å². The first-order chi connectivity index (χ1) is 26.5. The number of aromatic nitrogens is 1. The maximum atomic E-state index is 6.60. The molecule has 11 rings (SSSR count). The van der Waals surface area contributed by atoms with Gasteiger partial charge in [-0.25, -0.2) is 4.98 Å². The third-order valence-corrected chi connectivity index (χ3v) is 11.6. The Balaban J connectivity index is 1.09. The predicted octanol–water partition coefficient (Wildman–Crippen LogP) is 13.7. The number of rotatable bonds is 5. The zero-order valence-electron chi connectivity index (χ0n) is 30.1. The van der Waals surface area contributed by atoms with Crippen molar-refractivity contribution in [3.8, 4) is 22.6 Å². The summed E-state index contributed by atoms with van der Waals surface area (Å²) in [6, 6.07) is 54.1. The number of benzene rings is 7. The first kappa shape index (κ1) is 30.9. The molecule has 0 saturated carbocycles. The highest BCUT2D eigenvalue weighted by Crippen LogP contribution is 2.51. The van der Waals surface area contributed by atoms with Gasteiger partial charge in [-0.15, -0.1) is 0 Å². The van der Waals surface area contributed by atoms with Crippen LogP contribution in [0, 0.1) is 0 Å². The Morgan fingerprint density at radius 2 is 1.35 bits per heavy atom. The number of allylic oxidation sites excluding steroid dienone is 1. The molecule has 4 heteroatoms.